The van der Waals surface area contributed by atoms with E-state index in [1.54, 1.807) is 6.19 Å². The molecule has 0 saturated heterocycles. The van der Waals surface area contributed by atoms with E-state index >= 15 is 0 Å². The summed E-state index contributed by atoms with van der Waals surface area (Å²) in [5.41, 5.74) is 6.96. The van der Waals surface area contributed by atoms with Crippen LogP contribution in [-0.2, 0) is 0 Å². The Kier molecular flexibility index (Phi) is 2.03. The molecule has 55 valence electrons. The highest BCUT2D eigenvalue weighted by molar-refractivity contribution is 6.28. The van der Waals surface area contributed by atoms with Crippen LogP contribution >= 0.6 is 11.6 Å². The summed E-state index contributed by atoms with van der Waals surface area (Å²) in [5.74, 6) is -0.291. The Balaban J connectivity index is 3.01. The number of aromatic nitrogens is 3. The largest absolute Gasteiger partial charge is 0.265 e. The van der Waals surface area contributed by atoms with Gasteiger partial charge in [-0.3, -0.25) is 11.1 Å². The molecule has 2 N–H and O–H groups in total. The third kappa shape index (κ3) is 1.91. The first kappa shape index (κ1) is 7.50. The van der Waals surface area contributed by atoms with Gasteiger partial charge in [-0.25, -0.2) is 0 Å². The molecule has 0 amide bonds. The molecule has 0 aliphatic heterocycles. The molecule has 0 aliphatic rings. The molecular weight excluding hydrogens is 168 g/mol. The molecule has 0 aliphatic carbocycles. The van der Waals surface area contributed by atoms with Crippen LogP contribution in [0.5, 0.6) is 0 Å². The van der Waals surface area contributed by atoms with E-state index in [-0.39, 0.29) is 17.2 Å². The lowest BCUT2D eigenvalue weighted by molar-refractivity contribution is 1.03. The van der Waals surface area contributed by atoms with Gasteiger partial charge in [0.05, 0.1) is 0 Å². The topological polar surface area (TPSA) is 98.3 Å². The van der Waals surface area contributed by atoms with Crippen LogP contribution in [0, 0.1) is 11.5 Å². The summed E-state index contributed by atoms with van der Waals surface area (Å²) in [6, 6.07) is 0. The van der Waals surface area contributed by atoms with Crippen LogP contribution in [-0.4, -0.2) is 15.0 Å². The molecule has 0 aromatic carbocycles. The molecule has 11 heavy (non-hydrogen) atoms. The number of nitriles is 1. The zero-order chi connectivity index (χ0) is 8.27. The van der Waals surface area contributed by atoms with Crippen molar-refractivity contribution in [1.82, 2.24) is 20.7 Å². The fourth-order valence-electron chi connectivity index (χ4n) is 0.456. The first-order chi connectivity index (χ1) is 5.22. The number of anilines is 1. The van der Waals surface area contributed by atoms with Crippen LogP contribution in [0.2, 0.25) is 5.28 Å². The maximum absolute atomic E-state index is 8.14. The second-order valence-corrected chi connectivity index (χ2v) is 1.83. The van der Waals surface area contributed by atoms with E-state index in [0.29, 0.717) is 0 Å². The molecule has 0 saturated carbocycles. The smallest absolute Gasteiger partial charge is 0.247 e. The predicted molar refractivity (Wildman–Crippen MR) is 36.8 cm³/mol. The summed E-state index contributed by atoms with van der Waals surface area (Å²) in [5, 5.41) is 10.2. The standard InChI is InChI=1S/C4H2ClN6/c5-2-9-3(7)11-4(10-2)8-1-6/h7H,(H,8,9,10,11). The minimum absolute atomic E-state index is 0.0162. The third-order valence-corrected chi connectivity index (χ3v) is 0.945. The minimum atomic E-state index is -0.275. The van der Waals surface area contributed by atoms with Gasteiger partial charge in [0.25, 0.3) is 0 Å². The Morgan fingerprint density at radius 1 is 1.45 bits per heavy atom. The normalized spacial score (nSPS) is 8.73. The monoisotopic (exact) mass is 169 g/mol. The van der Waals surface area contributed by atoms with E-state index in [4.69, 9.17) is 22.6 Å². The van der Waals surface area contributed by atoms with E-state index in [1.807, 2.05) is 0 Å². The number of hydrogen-bond donors (Lipinski definition) is 1. The van der Waals surface area contributed by atoms with Crippen molar-refractivity contribution in [2.24, 2.45) is 0 Å². The first-order valence-corrected chi connectivity index (χ1v) is 2.88. The Hall–Kier alpha value is -1.61. The second kappa shape index (κ2) is 2.98. The molecular formula is C4H2ClN6. The van der Waals surface area contributed by atoms with Gasteiger partial charge in [-0.15, -0.1) is 0 Å². The Labute approximate surface area is 67.0 Å². The van der Waals surface area contributed by atoms with E-state index in [1.165, 1.54) is 0 Å². The van der Waals surface area contributed by atoms with E-state index in [2.05, 4.69) is 20.3 Å². The lowest BCUT2D eigenvalue weighted by atomic mass is 10.9. The summed E-state index contributed by atoms with van der Waals surface area (Å²) in [6.07, 6.45) is 1.59. The predicted octanol–water partition coefficient (Wildman–Crippen LogP) is 0.332. The Morgan fingerprint density at radius 3 is 2.73 bits per heavy atom. The highest BCUT2D eigenvalue weighted by Gasteiger charge is 2.00. The van der Waals surface area contributed by atoms with E-state index < -0.39 is 0 Å². The van der Waals surface area contributed by atoms with Crippen molar-refractivity contribution in [2.75, 3.05) is 5.32 Å². The highest BCUT2D eigenvalue weighted by Crippen LogP contribution is 2.06. The van der Waals surface area contributed by atoms with Crippen LogP contribution in [0.25, 0.3) is 0 Å². The molecule has 6 nitrogen and oxygen atoms in total. The molecule has 0 bridgehead atoms. The van der Waals surface area contributed by atoms with Gasteiger partial charge in [-0.1, -0.05) is 0 Å². The van der Waals surface area contributed by atoms with Crippen molar-refractivity contribution < 1.29 is 0 Å². The van der Waals surface area contributed by atoms with Crippen molar-refractivity contribution >= 4 is 23.5 Å². The minimum Gasteiger partial charge on any atom is -0.265 e. The van der Waals surface area contributed by atoms with Crippen LogP contribution in [0.3, 0.4) is 0 Å². The summed E-state index contributed by atoms with van der Waals surface area (Å²) >= 11 is 5.35. The highest BCUT2D eigenvalue weighted by atomic mass is 35.5. The Bertz CT molecular complexity index is 284. The van der Waals surface area contributed by atoms with Crippen LogP contribution in [0.4, 0.5) is 11.9 Å². The maximum atomic E-state index is 8.14. The van der Waals surface area contributed by atoms with Gasteiger partial charge in [0.15, 0.2) is 6.19 Å². The van der Waals surface area contributed by atoms with Crippen molar-refractivity contribution in [1.29, 1.82) is 5.26 Å². The van der Waals surface area contributed by atoms with Gasteiger partial charge >= 0.3 is 0 Å². The molecule has 1 heterocycles. The van der Waals surface area contributed by atoms with Gasteiger partial charge in [-0.05, 0) is 11.6 Å². The average Bonchev–Trinajstić information content (AvgIpc) is 1.85. The lowest BCUT2D eigenvalue weighted by Gasteiger charge is -1.94. The fourth-order valence-corrected chi connectivity index (χ4v) is 0.616. The number of nitrogens with one attached hydrogen (secondary N) is 2. The van der Waals surface area contributed by atoms with Crippen molar-refractivity contribution in [3.05, 3.63) is 5.28 Å². The molecule has 1 rings (SSSR count). The maximum Gasteiger partial charge on any atom is 0.247 e. The molecule has 1 aromatic heterocycles. The third-order valence-electron chi connectivity index (χ3n) is 0.776. The molecule has 1 aromatic rings. The molecule has 0 spiro atoms. The molecule has 0 fully saturated rings. The van der Waals surface area contributed by atoms with Crippen molar-refractivity contribution in [2.45, 2.75) is 0 Å². The first-order valence-electron chi connectivity index (χ1n) is 2.50. The van der Waals surface area contributed by atoms with Gasteiger partial charge < -0.3 is 0 Å². The summed E-state index contributed by atoms with van der Waals surface area (Å²) in [6.45, 7) is 0. The van der Waals surface area contributed by atoms with E-state index in [9.17, 15) is 0 Å². The van der Waals surface area contributed by atoms with Gasteiger partial charge in [-0.2, -0.15) is 20.2 Å². The number of nitrogens with zero attached hydrogens (tertiary/aromatic N) is 4. The van der Waals surface area contributed by atoms with Crippen LogP contribution in [0.15, 0.2) is 0 Å². The fraction of sp³-hybridized carbons (Fsp3) is 0. The summed E-state index contributed by atoms with van der Waals surface area (Å²) in [7, 11) is 0. The molecule has 0 atom stereocenters. The van der Waals surface area contributed by atoms with Crippen molar-refractivity contribution in [3.8, 4) is 6.19 Å². The quantitative estimate of drug-likeness (QED) is 0.483. The zero-order valence-electron chi connectivity index (χ0n) is 5.17. The van der Waals surface area contributed by atoms with Gasteiger partial charge in [0.2, 0.25) is 17.2 Å². The van der Waals surface area contributed by atoms with Crippen molar-refractivity contribution in [3.63, 3.8) is 0 Å². The molecule has 7 heteroatoms. The van der Waals surface area contributed by atoms with Gasteiger partial charge in [0, 0.05) is 0 Å². The number of halogens is 1. The van der Waals surface area contributed by atoms with E-state index in [0.717, 1.165) is 0 Å². The Morgan fingerprint density at radius 2 is 2.18 bits per heavy atom. The summed E-state index contributed by atoms with van der Waals surface area (Å²) in [4.78, 5) is 10.3. The van der Waals surface area contributed by atoms with Crippen LogP contribution < -0.4 is 11.1 Å². The zero-order valence-corrected chi connectivity index (χ0v) is 5.92. The SMILES string of the molecule is N#CNc1nc([NH])nc(Cl)n1. The van der Waals surface area contributed by atoms with Gasteiger partial charge in [0.1, 0.15) is 0 Å². The second-order valence-electron chi connectivity index (χ2n) is 1.49. The number of hydrogen-bond acceptors (Lipinski definition) is 5. The number of rotatable bonds is 1. The molecule has 0 unspecified atom stereocenters. The lowest BCUT2D eigenvalue weighted by Crippen LogP contribution is -1.98. The average molecular weight is 170 g/mol. The summed E-state index contributed by atoms with van der Waals surface area (Å²) < 4.78 is 0. The molecule has 1 radical (unpaired) electrons. The van der Waals surface area contributed by atoms with Crippen LogP contribution in [0.1, 0.15) is 0 Å².